The first-order chi connectivity index (χ1) is 13.5. The molecule has 1 N–H and O–H groups in total. The van der Waals surface area contributed by atoms with Crippen LogP contribution in [0.25, 0.3) is 0 Å². The predicted molar refractivity (Wildman–Crippen MR) is 108 cm³/mol. The van der Waals surface area contributed by atoms with Crippen molar-refractivity contribution in [3.8, 4) is 11.5 Å². The highest BCUT2D eigenvalue weighted by atomic mass is 16.5. The zero-order valence-electron chi connectivity index (χ0n) is 16.7. The van der Waals surface area contributed by atoms with Crippen molar-refractivity contribution >= 4 is 5.91 Å². The second kappa shape index (κ2) is 8.65. The molecular formula is C23H25NO4. The molecule has 0 aliphatic rings. The summed E-state index contributed by atoms with van der Waals surface area (Å²) in [7, 11) is 1.61. The van der Waals surface area contributed by atoms with Crippen LogP contribution in [0.5, 0.6) is 11.5 Å². The number of ether oxygens (including phenoxy) is 2. The zero-order chi connectivity index (χ0) is 20.1. The molecule has 2 aromatic carbocycles. The molecule has 0 spiro atoms. The number of carbonyl (C=O) groups excluding carboxylic acids is 1. The normalized spacial score (nSPS) is 10.6. The topological polar surface area (TPSA) is 60.7 Å². The molecule has 0 atom stereocenters. The third kappa shape index (κ3) is 4.36. The minimum atomic E-state index is -0.143. The maximum absolute atomic E-state index is 12.5. The Balaban J connectivity index is 1.65. The third-order valence-corrected chi connectivity index (χ3v) is 4.71. The van der Waals surface area contributed by atoms with Crippen LogP contribution < -0.4 is 14.8 Å². The summed E-state index contributed by atoms with van der Waals surface area (Å²) in [5.41, 5.74) is 3.49. The van der Waals surface area contributed by atoms with Crippen molar-refractivity contribution in [3.63, 3.8) is 0 Å². The minimum absolute atomic E-state index is 0.143. The van der Waals surface area contributed by atoms with Crippen molar-refractivity contribution in [2.45, 2.75) is 33.9 Å². The van der Waals surface area contributed by atoms with Gasteiger partial charge in [0, 0.05) is 12.1 Å². The van der Waals surface area contributed by atoms with Gasteiger partial charge in [-0.1, -0.05) is 36.4 Å². The lowest BCUT2D eigenvalue weighted by atomic mass is 10.1. The van der Waals surface area contributed by atoms with Gasteiger partial charge in [-0.15, -0.1) is 0 Å². The maximum Gasteiger partial charge on any atom is 0.255 e. The Hall–Kier alpha value is -3.21. The van der Waals surface area contributed by atoms with Crippen molar-refractivity contribution < 1.29 is 18.7 Å². The fraction of sp³-hybridized carbons (Fsp3) is 0.261. The summed E-state index contributed by atoms with van der Waals surface area (Å²) in [6, 6.07) is 15.6. The SMILES string of the molecule is COc1cc(CNC(=O)c2c(C)oc(C)c2C)ccc1OCc1ccccc1. The van der Waals surface area contributed by atoms with Crippen LogP contribution in [-0.4, -0.2) is 13.0 Å². The summed E-state index contributed by atoms with van der Waals surface area (Å²) >= 11 is 0. The summed E-state index contributed by atoms with van der Waals surface area (Å²) < 4.78 is 16.9. The number of nitrogens with one attached hydrogen (secondary N) is 1. The number of hydrogen-bond donors (Lipinski definition) is 1. The lowest BCUT2D eigenvalue weighted by molar-refractivity contribution is 0.0949. The molecule has 28 heavy (non-hydrogen) atoms. The largest absolute Gasteiger partial charge is 0.493 e. The number of methoxy groups -OCH3 is 1. The average molecular weight is 379 g/mol. The molecule has 3 rings (SSSR count). The van der Waals surface area contributed by atoms with Gasteiger partial charge in [-0.2, -0.15) is 0 Å². The van der Waals surface area contributed by atoms with E-state index in [1.165, 1.54) is 0 Å². The van der Waals surface area contributed by atoms with Gasteiger partial charge in [-0.25, -0.2) is 0 Å². The average Bonchev–Trinajstić information content (AvgIpc) is 2.97. The smallest absolute Gasteiger partial charge is 0.255 e. The minimum Gasteiger partial charge on any atom is -0.493 e. The fourth-order valence-corrected chi connectivity index (χ4v) is 3.07. The number of furan rings is 1. The van der Waals surface area contributed by atoms with Gasteiger partial charge in [0.05, 0.1) is 12.7 Å². The lowest BCUT2D eigenvalue weighted by Gasteiger charge is -2.13. The quantitative estimate of drug-likeness (QED) is 0.645. The highest BCUT2D eigenvalue weighted by Crippen LogP contribution is 2.29. The van der Waals surface area contributed by atoms with Crippen LogP contribution in [0, 0.1) is 20.8 Å². The van der Waals surface area contributed by atoms with Gasteiger partial charge in [0.2, 0.25) is 0 Å². The van der Waals surface area contributed by atoms with Crippen LogP contribution in [0.1, 0.15) is 38.6 Å². The molecule has 0 saturated heterocycles. The van der Waals surface area contributed by atoms with Gasteiger partial charge in [-0.3, -0.25) is 4.79 Å². The first-order valence-corrected chi connectivity index (χ1v) is 9.18. The molecule has 3 aromatic rings. The molecule has 0 fully saturated rings. The van der Waals surface area contributed by atoms with Crippen LogP contribution >= 0.6 is 0 Å². The van der Waals surface area contributed by atoms with E-state index in [2.05, 4.69) is 5.32 Å². The Kier molecular flexibility index (Phi) is 6.04. The van der Waals surface area contributed by atoms with E-state index in [4.69, 9.17) is 13.9 Å². The molecule has 0 aliphatic heterocycles. The monoisotopic (exact) mass is 379 g/mol. The van der Waals surface area contributed by atoms with Gasteiger partial charge in [0.25, 0.3) is 5.91 Å². The van der Waals surface area contributed by atoms with E-state index < -0.39 is 0 Å². The standard InChI is InChI=1S/C23H25NO4/c1-15-16(2)28-17(3)22(15)23(25)24-13-19-10-11-20(21(12-19)26-4)27-14-18-8-6-5-7-9-18/h5-12H,13-14H2,1-4H3,(H,24,25). The summed E-state index contributed by atoms with van der Waals surface area (Å²) in [6.45, 7) is 6.40. The molecule has 0 saturated carbocycles. The Morgan fingerprint density at radius 1 is 0.964 bits per heavy atom. The molecule has 0 radical (unpaired) electrons. The molecular weight excluding hydrogens is 354 g/mol. The number of benzene rings is 2. The molecule has 1 aromatic heterocycles. The summed E-state index contributed by atoms with van der Waals surface area (Å²) in [5.74, 6) is 2.56. The number of rotatable bonds is 7. The van der Waals surface area contributed by atoms with Gasteiger partial charge >= 0.3 is 0 Å². The Labute approximate surface area is 165 Å². The Bertz CT molecular complexity index is 960. The van der Waals surface area contributed by atoms with Crippen molar-refractivity contribution in [1.29, 1.82) is 0 Å². The Morgan fingerprint density at radius 3 is 2.36 bits per heavy atom. The number of hydrogen-bond acceptors (Lipinski definition) is 4. The summed E-state index contributed by atoms with van der Waals surface area (Å²) in [4.78, 5) is 12.5. The van der Waals surface area contributed by atoms with E-state index in [-0.39, 0.29) is 5.91 Å². The van der Waals surface area contributed by atoms with E-state index >= 15 is 0 Å². The van der Waals surface area contributed by atoms with Crippen LogP contribution in [0.3, 0.4) is 0 Å². The number of amides is 1. The molecule has 5 heteroatoms. The third-order valence-electron chi connectivity index (χ3n) is 4.71. The van der Waals surface area contributed by atoms with E-state index in [0.717, 1.165) is 22.5 Å². The molecule has 146 valence electrons. The van der Waals surface area contributed by atoms with E-state index in [1.807, 2.05) is 62.4 Å². The van der Waals surface area contributed by atoms with E-state index in [9.17, 15) is 4.79 Å². The van der Waals surface area contributed by atoms with Gasteiger partial charge in [0.1, 0.15) is 18.1 Å². The first-order valence-electron chi connectivity index (χ1n) is 9.18. The molecule has 0 unspecified atom stereocenters. The lowest BCUT2D eigenvalue weighted by Crippen LogP contribution is -2.23. The number of aryl methyl sites for hydroxylation is 2. The molecule has 0 aliphatic carbocycles. The van der Waals surface area contributed by atoms with Crippen LogP contribution in [-0.2, 0) is 13.2 Å². The second-order valence-corrected chi connectivity index (χ2v) is 6.66. The van der Waals surface area contributed by atoms with Crippen LogP contribution in [0.2, 0.25) is 0 Å². The maximum atomic E-state index is 12.5. The summed E-state index contributed by atoms with van der Waals surface area (Å²) in [6.07, 6.45) is 0. The van der Waals surface area contributed by atoms with Crippen molar-refractivity contribution in [1.82, 2.24) is 5.32 Å². The fourth-order valence-electron chi connectivity index (χ4n) is 3.07. The van der Waals surface area contributed by atoms with Crippen molar-refractivity contribution in [3.05, 3.63) is 82.3 Å². The van der Waals surface area contributed by atoms with Gasteiger partial charge in [-0.05, 0) is 44.0 Å². The molecule has 1 amide bonds. The van der Waals surface area contributed by atoms with Crippen molar-refractivity contribution in [2.75, 3.05) is 7.11 Å². The molecule has 0 bridgehead atoms. The summed E-state index contributed by atoms with van der Waals surface area (Å²) in [5, 5.41) is 2.94. The zero-order valence-corrected chi connectivity index (χ0v) is 16.7. The van der Waals surface area contributed by atoms with Crippen LogP contribution in [0.4, 0.5) is 0 Å². The first kappa shape index (κ1) is 19.5. The van der Waals surface area contributed by atoms with E-state index in [1.54, 1.807) is 14.0 Å². The van der Waals surface area contributed by atoms with Crippen LogP contribution in [0.15, 0.2) is 52.9 Å². The van der Waals surface area contributed by atoms with Crippen molar-refractivity contribution in [2.24, 2.45) is 0 Å². The van der Waals surface area contributed by atoms with Gasteiger partial charge < -0.3 is 19.2 Å². The molecule has 5 nitrogen and oxygen atoms in total. The Morgan fingerprint density at radius 2 is 1.71 bits per heavy atom. The molecule has 1 heterocycles. The predicted octanol–water partition coefficient (Wildman–Crippen LogP) is 4.72. The van der Waals surface area contributed by atoms with E-state index in [0.29, 0.717) is 36.0 Å². The highest BCUT2D eigenvalue weighted by molar-refractivity contribution is 5.96. The number of carbonyl (C=O) groups is 1. The second-order valence-electron chi connectivity index (χ2n) is 6.66. The highest BCUT2D eigenvalue weighted by Gasteiger charge is 2.18. The van der Waals surface area contributed by atoms with Gasteiger partial charge in [0.15, 0.2) is 11.5 Å².